The molecule has 4 aromatic carbocycles. The third kappa shape index (κ3) is 20.2. The van der Waals surface area contributed by atoms with Crippen molar-refractivity contribution in [1.29, 1.82) is 0 Å². The van der Waals surface area contributed by atoms with Crippen LogP contribution < -0.4 is 41.9 Å². The second-order valence-corrected chi connectivity index (χ2v) is 37.2. The number of piperidine rings is 1. The van der Waals surface area contributed by atoms with Gasteiger partial charge in [0.15, 0.2) is 22.6 Å². The molecule has 42 nitrogen and oxygen atoms in total. The maximum atomic E-state index is 12.8. The van der Waals surface area contributed by atoms with Crippen molar-refractivity contribution in [2.24, 2.45) is 5.92 Å². The highest BCUT2D eigenvalue weighted by atomic mass is 32.2. The van der Waals surface area contributed by atoms with Gasteiger partial charge in [0, 0.05) is 255 Å². The lowest BCUT2D eigenvalue weighted by Gasteiger charge is -2.32. The highest BCUT2D eigenvalue weighted by Gasteiger charge is 2.28. The fourth-order valence-corrected chi connectivity index (χ4v) is 18.6. The molecule has 19 heterocycles. The van der Waals surface area contributed by atoms with Crippen LogP contribution in [0.3, 0.4) is 0 Å². The predicted octanol–water partition coefficient (Wildman–Crippen LogP) is 13.4. The number of sulfonamides is 1. The molecule has 0 unspecified atom stereocenters. The number of morpholine rings is 1. The second-order valence-electron chi connectivity index (χ2n) is 35.4. The fourth-order valence-electron chi connectivity index (χ4n) is 18.1. The molecule has 0 spiro atoms. The number of rotatable bonds is 18. The summed E-state index contributed by atoms with van der Waals surface area (Å²) in [5.41, 5.74) is 22.8. The van der Waals surface area contributed by atoms with E-state index >= 15 is 0 Å². The van der Waals surface area contributed by atoms with Gasteiger partial charge in [-0.3, -0.25) is 69.0 Å². The molecule has 20 aromatic rings. The topological polar surface area (TPSA) is 553 Å². The van der Waals surface area contributed by atoms with Crippen molar-refractivity contribution < 1.29 is 46.7 Å². The Morgan fingerprint density at radius 1 is 0.336 bits per heavy atom. The Kier molecular flexibility index (Phi) is 26.8. The highest BCUT2D eigenvalue weighted by molar-refractivity contribution is 7.92. The number of hydrogen-bond donors (Lipinski definition) is 16. The second kappa shape index (κ2) is 41.1. The first-order chi connectivity index (χ1) is 70.9. The monoisotopic (exact) mass is 1970 g/mol. The number of carbonyl (C=O) groups excluding carboxylic acids is 7. The molecule has 146 heavy (non-hydrogen) atoms. The quantitative estimate of drug-likeness (QED) is 0.0379. The number of pyridine rings is 8. The predicted molar refractivity (Wildman–Crippen MR) is 558 cm³/mol. The molecule has 0 radical (unpaired) electrons. The van der Waals surface area contributed by atoms with E-state index in [0.29, 0.717) is 113 Å². The van der Waals surface area contributed by atoms with Crippen molar-refractivity contribution >= 4 is 162 Å². The Morgan fingerprint density at radius 3 is 0.938 bits per heavy atom. The number of nitrogens with zero attached hydrogens (tertiary/aromatic N) is 16. The number of aromatic amines is 8. The van der Waals surface area contributed by atoms with Crippen molar-refractivity contribution in [3.63, 3.8) is 0 Å². The summed E-state index contributed by atoms with van der Waals surface area (Å²) in [6.45, 7) is 7.14. The van der Waals surface area contributed by atoms with Crippen molar-refractivity contribution in [2.75, 3.05) is 135 Å². The summed E-state index contributed by atoms with van der Waals surface area (Å²) in [4.78, 5) is 144. The van der Waals surface area contributed by atoms with Crippen LogP contribution in [0.5, 0.6) is 0 Å². The van der Waals surface area contributed by atoms with Crippen LogP contribution in [0, 0.1) is 5.92 Å². The van der Waals surface area contributed by atoms with Crippen LogP contribution >= 0.6 is 0 Å². The number of piperazine rings is 1. The van der Waals surface area contributed by atoms with Crippen molar-refractivity contribution in [3.8, 4) is 90.1 Å². The molecule has 0 bridgehead atoms. The lowest BCUT2D eigenvalue weighted by Crippen LogP contribution is -2.48. The SMILES string of the molecule is CNC(=O)c1cccc2[nH]c(-c3[nH]nc4ncc(-c5cncc(NC(=O)C6CCN(C)CC6)c5)cc34)cc12.CNC(=O)c1cccc2[nH]c(-c3[nH]nc4ncc(-c5cncc(NC(=O)N6CCN(C)CC6)c5)cc34)cc12.CNC(=O)c1cccc2[nH]c(-c3[nH]nc4ncc(-c5cncc(NC(=O)N6CCOCC6)c5)cc34)cc12.CNC(=O)c1cccc2[nH]c(-c3[nH]nc4ncc(-c5cncc(NS(C)(=O)=O)c5)cc34)cc12. The number of likely N-dealkylation sites (N-methyl/N-ethyl adjacent to an activating group) is 1. The maximum Gasteiger partial charge on any atom is 0.322 e. The molecule has 3 saturated heterocycles. The van der Waals surface area contributed by atoms with Crippen molar-refractivity contribution in [1.82, 2.24) is 141 Å². The summed E-state index contributed by atoms with van der Waals surface area (Å²) in [6.07, 6.45) is 22.9. The number of carbonyl (C=O) groups is 7. The van der Waals surface area contributed by atoms with E-state index in [2.05, 4.69) is 166 Å². The number of hydrogen-bond acceptors (Lipinski definition) is 24. The number of likely N-dealkylation sites (tertiary alicyclic amines) is 1. The van der Waals surface area contributed by atoms with E-state index in [4.69, 9.17) is 4.74 Å². The molecular weight excluding hydrogens is 1880 g/mol. The molecule has 3 aliphatic heterocycles. The number of aromatic nitrogens is 20. The smallest absolute Gasteiger partial charge is 0.322 e. The zero-order chi connectivity index (χ0) is 101. The lowest BCUT2D eigenvalue weighted by atomic mass is 9.96. The molecule has 736 valence electrons. The highest BCUT2D eigenvalue weighted by Crippen LogP contribution is 2.40. The number of ether oxygens (including phenoxy) is 1. The summed E-state index contributed by atoms with van der Waals surface area (Å²) >= 11 is 0. The number of fused-ring (bicyclic) bond motifs is 8. The van der Waals surface area contributed by atoms with Crippen LogP contribution in [0.4, 0.5) is 32.3 Å². The van der Waals surface area contributed by atoms with E-state index in [-0.39, 0.29) is 47.5 Å². The normalized spacial score (nSPS) is 13.6. The van der Waals surface area contributed by atoms with E-state index in [1.54, 1.807) is 132 Å². The van der Waals surface area contributed by atoms with Crippen molar-refractivity contribution in [3.05, 3.63) is 242 Å². The number of H-pyrrole nitrogens is 8. The van der Waals surface area contributed by atoms with Gasteiger partial charge in [0.2, 0.25) is 15.9 Å². The first-order valence-corrected chi connectivity index (χ1v) is 48.7. The van der Waals surface area contributed by atoms with Crippen LogP contribution in [0.1, 0.15) is 54.3 Å². The number of nitrogens with one attached hydrogen (secondary N) is 16. The molecule has 9 amide bonds. The third-order valence-electron chi connectivity index (χ3n) is 25.8. The number of amides is 9. The average molecular weight is 1980 g/mol. The molecule has 43 heteroatoms. The first-order valence-electron chi connectivity index (χ1n) is 46.8. The summed E-state index contributed by atoms with van der Waals surface area (Å²) in [6, 6.07) is 44.9. The van der Waals surface area contributed by atoms with E-state index in [9.17, 15) is 42.0 Å². The van der Waals surface area contributed by atoms with Gasteiger partial charge >= 0.3 is 12.1 Å². The van der Waals surface area contributed by atoms with Gasteiger partial charge < -0.3 is 81.5 Å². The van der Waals surface area contributed by atoms with E-state index in [1.807, 2.05) is 120 Å². The molecular formula is C103H98N32O10S. The third-order valence-corrected chi connectivity index (χ3v) is 26.4. The van der Waals surface area contributed by atoms with Gasteiger partial charge in [-0.05, 0) is 161 Å². The van der Waals surface area contributed by atoms with Crippen LogP contribution in [0.15, 0.2) is 220 Å². The molecule has 0 saturated carbocycles. The Balaban J connectivity index is 0.000000119. The summed E-state index contributed by atoms with van der Waals surface area (Å²) in [5, 5.41) is 55.8. The number of benzene rings is 4. The molecule has 0 atom stereocenters. The van der Waals surface area contributed by atoms with Gasteiger partial charge in [0.05, 0.1) is 113 Å². The molecule has 3 aliphatic rings. The Bertz CT molecular complexity index is 8320. The van der Waals surface area contributed by atoms with Crippen LogP contribution in [0.2, 0.25) is 0 Å². The minimum absolute atomic E-state index is 0.0154. The van der Waals surface area contributed by atoms with E-state index < -0.39 is 10.0 Å². The van der Waals surface area contributed by atoms with Gasteiger partial charge in [0.1, 0.15) is 0 Å². The maximum absolute atomic E-state index is 12.8. The standard InChI is InChI=1S/C28H28N8O2.C27H27N9O2.C26H24N8O3.C22H19N7O3S/c1-29-28(38)20-4-3-5-23-21(20)12-24(33-23)25-22-11-18(14-31-26(22)35-34-25)17-10-19(15-30-13-17)32-27(37)16-6-8-36(2)9-7-16;1-28-26(37)19-4-3-5-22-20(19)12-23(32-22)24-21-11-17(14-30-25(21)34-33-24)16-10-18(15-29-13-16)31-27(38)36-8-6-35(2)7-9-36;1-27-25(35)18-3-2-4-21-19(18)11-22(31-21)23-20-10-16(13-29-24(20)33-32-23)15-9-17(14-28-12-15)30-26(36)34-5-7-37-8-6-34;1-23-22(30)15-4-3-5-18-16(15)8-19(26-18)20-17-7-13(10-25-21(17)28-27-20)12-6-14(11-24-9-12)29-33(2,31)32/h3-5,10-16,33H,6-9H2,1-2H3,(H,29,38)(H,32,37)(H,31,34,35);3-5,10-15,32H,6-9H2,1-2H3,(H,28,37)(H,31,38)(H,30,33,34);2-4,9-14,31H,5-8H2,1H3,(H,27,35)(H,30,36)(H,29,32,33);3-11,26,29H,1-2H3,(H,23,30)(H,25,27,28). The zero-order valence-corrected chi connectivity index (χ0v) is 80.8. The largest absolute Gasteiger partial charge is 0.378 e. The van der Waals surface area contributed by atoms with Gasteiger partial charge in [-0.1, -0.05) is 24.3 Å². The van der Waals surface area contributed by atoms with Crippen LogP contribution in [-0.2, 0) is 19.6 Å². The van der Waals surface area contributed by atoms with Crippen molar-refractivity contribution in [2.45, 2.75) is 12.8 Å². The molecule has 16 N–H and O–H groups in total. The molecule has 0 aliphatic carbocycles. The summed E-state index contributed by atoms with van der Waals surface area (Å²) in [5.74, 6) is -0.553. The minimum Gasteiger partial charge on any atom is -0.378 e. The fraction of sp³-hybridized carbons (Fsp3) is 0.194. The van der Waals surface area contributed by atoms with Gasteiger partial charge in [-0.2, -0.15) is 20.4 Å². The van der Waals surface area contributed by atoms with Gasteiger partial charge in [-0.25, -0.2) is 37.9 Å². The van der Waals surface area contributed by atoms with Gasteiger partial charge in [-0.15, -0.1) is 0 Å². The first kappa shape index (κ1) is 95.2. The van der Waals surface area contributed by atoms with Gasteiger partial charge in [0.25, 0.3) is 23.6 Å². The lowest BCUT2D eigenvalue weighted by molar-refractivity contribution is -0.121. The van der Waals surface area contributed by atoms with E-state index in [1.165, 1.54) is 6.20 Å². The number of urea groups is 2. The van der Waals surface area contributed by atoms with E-state index in [0.717, 1.165) is 195 Å². The molecule has 23 rings (SSSR count). The molecule has 3 fully saturated rings. The Labute approximate surface area is 831 Å². The van der Waals surface area contributed by atoms with Crippen LogP contribution in [-0.4, -0.2) is 284 Å². The average Bonchev–Trinajstić information content (AvgIpc) is 1.63. The number of anilines is 4. The summed E-state index contributed by atoms with van der Waals surface area (Å²) in [7, 11) is 7.16. The summed E-state index contributed by atoms with van der Waals surface area (Å²) < 4.78 is 30.9. The molecule has 16 aromatic heterocycles. The Morgan fingerprint density at radius 2 is 0.623 bits per heavy atom. The Hall–Kier alpha value is -18.4. The zero-order valence-electron chi connectivity index (χ0n) is 80.0. The minimum atomic E-state index is -3.42. The van der Waals surface area contributed by atoms with Crippen LogP contribution in [0.25, 0.3) is 178 Å².